The van der Waals surface area contributed by atoms with Crippen molar-refractivity contribution in [3.8, 4) is 11.8 Å². The molecular formula is C13H21Cl. The fraction of sp³-hybridized carbons (Fsp3) is 0.846. The maximum Gasteiger partial charge on any atom is 0.116 e. The summed E-state index contributed by atoms with van der Waals surface area (Å²) < 4.78 is 0. The van der Waals surface area contributed by atoms with Gasteiger partial charge in [0.25, 0.3) is 0 Å². The highest BCUT2D eigenvalue weighted by atomic mass is 35.5. The van der Waals surface area contributed by atoms with Gasteiger partial charge in [0.2, 0.25) is 0 Å². The minimum absolute atomic E-state index is 0.0383. The lowest BCUT2D eigenvalue weighted by molar-refractivity contribution is 0.457. The van der Waals surface area contributed by atoms with Crippen molar-refractivity contribution in [1.29, 1.82) is 0 Å². The Labute approximate surface area is 93.4 Å². The molecule has 14 heavy (non-hydrogen) atoms. The standard InChI is InChI=1S/C13H21Cl/c1-10(2,3)8-9-13(14)11(4,5)12(13,6)7/h1-7H3. The quantitative estimate of drug-likeness (QED) is 0.419. The SMILES string of the molecule is CC(C)(C)C#CC1(Cl)C(C)(C)C1(C)C. The molecule has 0 aromatic rings. The van der Waals surface area contributed by atoms with Gasteiger partial charge in [-0.25, -0.2) is 0 Å². The average Bonchev–Trinajstić information content (AvgIpc) is 2.25. The van der Waals surface area contributed by atoms with Gasteiger partial charge in [0.15, 0.2) is 0 Å². The third kappa shape index (κ3) is 1.38. The van der Waals surface area contributed by atoms with Crippen molar-refractivity contribution in [2.24, 2.45) is 16.2 Å². The minimum Gasteiger partial charge on any atom is -0.104 e. The third-order valence-corrected chi connectivity index (χ3v) is 4.87. The molecule has 1 aliphatic rings. The van der Waals surface area contributed by atoms with Crippen LogP contribution in [0.15, 0.2) is 0 Å². The first kappa shape index (κ1) is 11.9. The molecule has 0 N–H and O–H groups in total. The van der Waals surface area contributed by atoms with Crippen LogP contribution in [0.25, 0.3) is 0 Å². The van der Waals surface area contributed by atoms with Crippen LogP contribution in [-0.2, 0) is 0 Å². The number of hydrogen-bond acceptors (Lipinski definition) is 0. The van der Waals surface area contributed by atoms with Crippen LogP contribution in [0, 0.1) is 28.1 Å². The van der Waals surface area contributed by atoms with Crippen molar-refractivity contribution in [1.82, 2.24) is 0 Å². The van der Waals surface area contributed by atoms with E-state index in [4.69, 9.17) is 11.6 Å². The fourth-order valence-corrected chi connectivity index (χ4v) is 2.30. The maximum atomic E-state index is 6.56. The molecule has 0 atom stereocenters. The first-order chi connectivity index (χ1) is 5.96. The molecule has 1 saturated carbocycles. The lowest BCUT2D eigenvalue weighted by atomic mass is 9.97. The van der Waals surface area contributed by atoms with Gasteiger partial charge in [0, 0.05) is 16.2 Å². The maximum absolute atomic E-state index is 6.56. The molecule has 0 amide bonds. The molecule has 1 heteroatoms. The van der Waals surface area contributed by atoms with Crippen molar-refractivity contribution in [2.75, 3.05) is 0 Å². The highest BCUT2D eigenvalue weighted by Crippen LogP contribution is 2.74. The zero-order chi connectivity index (χ0) is 11.4. The zero-order valence-corrected chi connectivity index (χ0v) is 11.1. The Balaban J connectivity index is 2.97. The number of halogens is 1. The summed E-state index contributed by atoms with van der Waals surface area (Å²) in [6.07, 6.45) is 0. The van der Waals surface area contributed by atoms with Gasteiger partial charge in [-0.1, -0.05) is 39.5 Å². The van der Waals surface area contributed by atoms with Crippen LogP contribution in [0.2, 0.25) is 0 Å². The smallest absolute Gasteiger partial charge is 0.104 e. The van der Waals surface area contributed by atoms with Crippen LogP contribution in [0.4, 0.5) is 0 Å². The normalized spacial score (nSPS) is 26.3. The van der Waals surface area contributed by atoms with Gasteiger partial charge in [0.05, 0.1) is 0 Å². The van der Waals surface area contributed by atoms with E-state index in [1.807, 2.05) is 0 Å². The van der Waals surface area contributed by atoms with E-state index in [1.165, 1.54) is 0 Å². The van der Waals surface area contributed by atoms with Gasteiger partial charge in [-0.3, -0.25) is 0 Å². The topological polar surface area (TPSA) is 0 Å². The highest BCUT2D eigenvalue weighted by Gasteiger charge is 2.76. The van der Waals surface area contributed by atoms with E-state index in [2.05, 4.69) is 60.3 Å². The zero-order valence-electron chi connectivity index (χ0n) is 10.4. The van der Waals surface area contributed by atoms with E-state index in [1.54, 1.807) is 0 Å². The summed E-state index contributed by atoms with van der Waals surface area (Å²) in [5, 5.41) is 0. The summed E-state index contributed by atoms with van der Waals surface area (Å²) in [6.45, 7) is 15.1. The Kier molecular flexibility index (Phi) is 2.30. The predicted molar refractivity (Wildman–Crippen MR) is 63.4 cm³/mol. The van der Waals surface area contributed by atoms with Crippen LogP contribution >= 0.6 is 11.6 Å². The van der Waals surface area contributed by atoms with E-state index >= 15 is 0 Å². The van der Waals surface area contributed by atoms with Crippen LogP contribution in [0.5, 0.6) is 0 Å². The second-order valence-corrected chi connectivity index (χ2v) is 6.98. The second-order valence-electron chi connectivity index (χ2n) is 6.41. The van der Waals surface area contributed by atoms with Crippen LogP contribution in [-0.4, -0.2) is 4.87 Å². The molecule has 0 aliphatic heterocycles. The lowest BCUT2D eigenvalue weighted by Gasteiger charge is -2.09. The minimum atomic E-state index is -0.340. The Hall–Kier alpha value is -0.150. The highest BCUT2D eigenvalue weighted by molar-refractivity contribution is 6.30. The first-order valence-electron chi connectivity index (χ1n) is 5.19. The molecule has 1 fully saturated rings. The van der Waals surface area contributed by atoms with Crippen molar-refractivity contribution in [3.63, 3.8) is 0 Å². The second kappa shape index (κ2) is 2.70. The Morgan fingerprint density at radius 1 is 0.929 bits per heavy atom. The Morgan fingerprint density at radius 2 is 1.29 bits per heavy atom. The van der Waals surface area contributed by atoms with Gasteiger partial charge >= 0.3 is 0 Å². The van der Waals surface area contributed by atoms with E-state index in [9.17, 15) is 0 Å². The number of hydrogen-bond donors (Lipinski definition) is 0. The molecule has 0 aromatic carbocycles. The molecule has 0 saturated heterocycles. The van der Waals surface area contributed by atoms with Crippen molar-refractivity contribution in [2.45, 2.75) is 53.3 Å². The fourth-order valence-electron chi connectivity index (χ4n) is 1.83. The predicted octanol–water partition coefficient (Wildman–Crippen LogP) is 4.08. The van der Waals surface area contributed by atoms with Crippen LogP contribution in [0.1, 0.15) is 48.5 Å². The van der Waals surface area contributed by atoms with E-state index in [0.29, 0.717) is 0 Å². The summed E-state index contributed by atoms with van der Waals surface area (Å²) in [4.78, 5) is -0.340. The summed E-state index contributed by atoms with van der Waals surface area (Å²) in [5.41, 5.74) is 0.260. The summed E-state index contributed by atoms with van der Waals surface area (Å²) >= 11 is 6.56. The first-order valence-corrected chi connectivity index (χ1v) is 5.57. The van der Waals surface area contributed by atoms with Gasteiger partial charge in [-0.15, -0.1) is 11.6 Å². The molecule has 0 aromatic heterocycles. The van der Waals surface area contributed by atoms with Crippen molar-refractivity contribution < 1.29 is 0 Å². The van der Waals surface area contributed by atoms with Crippen molar-refractivity contribution in [3.05, 3.63) is 0 Å². The molecule has 80 valence electrons. The molecule has 0 heterocycles. The van der Waals surface area contributed by atoms with Gasteiger partial charge in [-0.2, -0.15) is 0 Å². The average molecular weight is 213 g/mol. The van der Waals surface area contributed by atoms with Gasteiger partial charge in [0.1, 0.15) is 4.87 Å². The number of rotatable bonds is 0. The van der Waals surface area contributed by atoms with E-state index < -0.39 is 0 Å². The summed E-state index contributed by atoms with van der Waals surface area (Å²) in [6, 6.07) is 0. The molecule has 0 unspecified atom stereocenters. The molecule has 1 aliphatic carbocycles. The van der Waals surface area contributed by atoms with Crippen LogP contribution < -0.4 is 0 Å². The molecule has 0 spiro atoms. The molecule has 0 nitrogen and oxygen atoms in total. The monoisotopic (exact) mass is 212 g/mol. The summed E-state index contributed by atoms with van der Waals surface area (Å²) in [7, 11) is 0. The summed E-state index contributed by atoms with van der Waals surface area (Å²) in [5.74, 6) is 6.52. The van der Waals surface area contributed by atoms with Crippen LogP contribution in [0.3, 0.4) is 0 Å². The van der Waals surface area contributed by atoms with Crippen molar-refractivity contribution >= 4 is 11.6 Å². The van der Waals surface area contributed by atoms with Gasteiger partial charge in [-0.05, 0) is 20.8 Å². The van der Waals surface area contributed by atoms with E-state index in [-0.39, 0.29) is 21.1 Å². The lowest BCUT2D eigenvalue weighted by Crippen LogP contribution is -2.09. The largest absolute Gasteiger partial charge is 0.116 e. The Bertz CT molecular complexity index is 290. The van der Waals surface area contributed by atoms with E-state index in [0.717, 1.165) is 0 Å². The molecule has 0 bridgehead atoms. The molecule has 1 rings (SSSR count). The Morgan fingerprint density at radius 3 is 1.50 bits per heavy atom. The molecule has 0 radical (unpaired) electrons. The molecular weight excluding hydrogens is 192 g/mol. The van der Waals surface area contributed by atoms with Gasteiger partial charge < -0.3 is 0 Å². The third-order valence-electron chi connectivity index (χ3n) is 3.83. The number of alkyl halides is 1.